The van der Waals surface area contributed by atoms with E-state index in [1.807, 2.05) is 20.2 Å². The molecule has 3 atom stereocenters. The van der Waals surface area contributed by atoms with Gasteiger partial charge in [0.25, 0.3) is 0 Å². The average molecular weight is 342 g/mol. The van der Waals surface area contributed by atoms with Crippen molar-refractivity contribution in [2.45, 2.75) is 38.5 Å². The van der Waals surface area contributed by atoms with Gasteiger partial charge in [-0.2, -0.15) is 5.10 Å². The van der Waals surface area contributed by atoms with E-state index in [1.54, 1.807) is 10.9 Å². The molecule has 1 saturated heterocycles. The molecule has 0 amide bonds. The van der Waals surface area contributed by atoms with E-state index >= 15 is 0 Å². The van der Waals surface area contributed by atoms with Crippen LogP contribution in [0, 0.1) is 5.92 Å². The van der Waals surface area contributed by atoms with Gasteiger partial charge in [-0.15, -0.1) is 0 Å². The molecule has 1 aromatic heterocycles. The number of rotatable bonds is 6. The lowest BCUT2D eigenvalue weighted by molar-refractivity contribution is 0.0457. The molecule has 1 fully saturated rings. The van der Waals surface area contributed by atoms with Crippen LogP contribution in [0.4, 0.5) is 0 Å². The summed E-state index contributed by atoms with van der Waals surface area (Å²) < 4.78 is 1.73. The van der Waals surface area contributed by atoms with E-state index < -0.39 is 5.60 Å². The van der Waals surface area contributed by atoms with Crippen molar-refractivity contribution in [2.24, 2.45) is 13.0 Å². The first kappa shape index (κ1) is 18.1. The van der Waals surface area contributed by atoms with Gasteiger partial charge in [0.2, 0.25) is 0 Å². The molecule has 0 radical (unpaired) electrons. The number of nitrogens with one attached hydrogen (secondary N) is 1. The van der Waals surface area contributed by atoms with E-state index in [-0.39, 0.29) is 0 Å². The van der Waals surface area contributed by atoms with Gasteiger partial charge in [0.05, 0.1) is 6.20 Å². The minimum Gasteiger partial charge on any atom is -0.384 e. The Bertz CT molecular complexity index is 667. The van der Waals surface area contributed by atoms with Gasteiger partial charge in [0.1, 0.15) is 5.60 Å². The molecule has 1 aliphatic rings. The number of benzene rings is 1. The van der Waals surface area contributed by atoms with Gasteiger partial charge >= 0.3 is 0 Å². The van der Waals surface area contributed by atoms with Crippen molar-refractivity contribution in [3.8, 4) is 0 Å². The van der Waals surface area contributed by atoms with E-state index in [0.29, 0.717) is 18.5 Å². The first-order valence-electron chi connectivity index (χ1n) is 9.13. The van der Waals surface area contributed by atoms with Gasteiger partial charge in [0, 0.05) is 51.0 Å². The number of likely N-dealkylation sites (tertiary alicyclic amines) is 1. The van der Waals surface area contributed by atoms with Crippen LogP contribution >= 0.6 is 0 Å². The lowest BCUT2D eigenvalue weighted by Crippen LogP contribution is -2.51. The second kappa shape index (κ2) is 7.68. The maximum absolute atomic E-state index is 10.8. The summed E-state index contributed by atoms with van der Waals surface area (Å²) in [7, 11) is 1.87. The molecule has 0 unspecified atom stereocenters. The number of aryl methyl sites for hydroxylation is 1. The molecule has 2 N–H and O–H groups in total. The summed E-state index contributed by atoms with van der Waals surface area (Å²) in [4.78, 5) is 2.51. The highest BCUT2D eigenvalue weighted by molar-refractivity contribution is 5.15. The van der Waals surface area contributed by atoms with Crippen molar-refractivity contribution in [3.05, 3.63) is 53.9 Å². The van der Waals surface area contributed by atoms with Crippen LogP contribution in [0.1, 0.15) is 31.4 Å². The Labute approximate surface area is 150 Å². The summed E-state index contributed by atoms with van der Waals surface area (Å²) >= 11 is 0. The number of hydrogen-bond donors (Lipinski definition) is 2. The first-order chi connectivity index (χ1) is 11.9. The first-order valence-corrected chi connectivity index (χ1v) is 9.13. The van der Waals surface area contributed by atoms with Crippen LogP contribution in [0.2, 0.25) is 0 Å². The molecular formula is C20H30N4O. The summed E-state index contributed by atoms with van der Waals surface area (Å²) in [5.41, 5.74) is 1.31. The highest BCUT2D eigenvalue weighted by Gasteiger charge is 2.29. The van der Waals surface area contributed by atoms with E-state index in [0.717, 1.165) is 31.6 Å². The third-order valence-electron chi connectivity index (χ3n) is 5.05. The normalized spacial score (nSPS) is 24.2. The minimum absolute atomic E-state index is 0.399. The molecule has 2 heterocycles. The fraction of sp³-hybridized carbons (Fsp3) is 0.550. The Balaban J connectivity index is 1.56. The minimum atomic E-state index is -0.904. The van der Waals surface area contributed by atoms with Crippen molar-refractivity contribution in [3.63, 3.8) is 0 Å². The van der Waals surface area contributed by atoms with Crippen LogP contribution in [-0.4, -0.2) is 45.5 Å². The summed E-state index contributed by atoms with van der Waals surface area (Å²) in [5, 5.41) is 18.5. The zero-order valence-corrected chi connectivity index (χ0v) is 15.5. The summed E-state index contributed by atoms with van der Waals surface area (Å²) in [6, 6.07) is 11.0. The summed E-state index contributed by atoms with van der Waals surface area (Å²) in [5.74, 6) is 0.651. The molecule has 136 valence electrons. The molecule has 3 rings (SSSR count). The van der Waals surface area contributed by atoms with E-state index in [9.17, 15) is 5.11 Å². The van der Waals surface area contributed by atoms with Crippen LogP contribution in [0.3, 0.4) is 0 Å². The van der Waals surface area contributed by atoms with Crippen LogP contribution < -0.4 is 5.32 Å². The lowest BCUT2D eigenvalue weighted by atomic mass is 9.93. The maximum Gasteiger partial charge on any atom is 0.102 e. The highest BCUT2D eigenvalue weighted by atomic mass is 16.3. The Hall–Kier alpha value is -1.69. The van der Waals surface area contributed by atoms with Gasteiger partial charge in [-0.25, -0.2) is 0 Å². The second-order valence-electron chi connectivity index (χ2n) is 7.77. The number of aliphatic hydroxyl groups is 1. The number of aromatic nitrogens is 2. The molecule has 5 heteroatoms. The fourth-order valence-electron chi connectivity index (χ4n) is 3.72. The summed E-state index contributed by atoms with van der Waals surface area (Å²) in [6.45, 7) is 7.84. The van der Waals surface area contributed by atoms with Gasteiger partial charge in [-0.1, -0.05) is 37.3 Å². The van der Waals surface area contributed by atoms with Crippen molar-refractivity contribution in [1.82, 2.24) is 20.0 Å². The highest BCUT2D eigenvalue weighted by Crippen LogP contribution is 2.22. The largest absolute Gasteiger partial charge is 0.384 e. The van der Waals surface area contributed by atoms with E-state index in [1.165, 1.54) is 5.56 Å². The Kier molecular flexibility index (Phi) is 5.57. The lowest BCUT2D eigenvalue weighted by Gasteiger charge is -2.38. The van der Waals surface area contributed by atoms with E-state index in [4.69, 9.17) is 0 Å². The van der Waals surface area contributed by atoms with Gasteiger partial charge in [-0.3, -0.25) is 9.58 Å². The van der Waals surface area contributed by atoms with Crippen molar-refractivity contribution >= 4 is 0 Å². The van der Waals surface area contributed by atoms with Crippen molar-refractivity contribution in [2.75, 3.05) is 19.6 Å². The molecule has 0 saturated carbocycles. The maximum atomic E-state index is 10.8. The predicted molar refractivity (Wildman–Crippen MR) is 100 cm³/mol. The molecule has 0 bridgehead atoms. The molecule has 25 heavy (non-hydrogen) atoms. The SMILES string of the molecule is C[C@@H]1C[C@@H](NC[C@](C)(O)c2cnn(C)c2)CN(Cc2ccccc2)C1. The number of hydrogen-bond acceptors (Lipinski definition) is 4. The molecular weight excluding hydrogens is 312 g/mol. The van der Waals surface area contributed by atoms with Crippen LogP contribution in [0.25, 0.3) is 0 Å². The summed E-state index contributed by atoms with van der Waals surface area (Å²) in [6.07, 6.45) is 4.77. The quantitative estimate of drug-likeness (QED) is 0.844. The Morgan fingerprint density at radius 3 is 2.72 bits per heavy atom. The molecule has 2 aromatic rings. The standard InChI is InChI=1S/C20H30N4O/c1-16-9-19(14-24(11-16)12-17-7-5-4-6-8-17)21-15-20(2,25)18-10-22-23(3)13-18/h4-8,10,13,16,19,21,25H,9,11-12,14-15H2,1-3H3/t16-,19-,20+/m1/s1. The predicted octanol–water partition coefficient (Wildman–Crippen LogP) is 2.13. The number of nitrogens with zero attached hydrogens (tertiary/aromatic N) is 3. The third kappa shape index (κ3) is 4.91. The molecule has 1 aliphatic heterocycles. The third-order valence-corrected chi connectivity index (χ3v) is 5.05. The van der Waals surface area contributed by atoms with Crippen molar-refractivity contribution in [1.29, 1.82) is 0 Å². The zero-order chi connectivity index (χ0) is 17.9. The Morgan fingerprint density at radius 2 is 2.04 bits per heavy atom. The average Bonchev–Trinajstić information content (AvgIpc) is 3.01. The monoisotopic (exact) mass is 342 g/mol. The van der Waals surface area contributed by atoms with E-state index in [2.05, 4.69) is 52.6 Å². The van der Waals surface area contributed by atoms with Gasteiger partial charge in [0.15, 0.2) is 0 Å². The fourth-order valence-corrected chi connectivity index (χ4v) is 3.72. The number of piperidine rings is 1. The molecule has 5 nitrogen and oxygen atoms in total. The second-order valence-corrected chi connectivity index (χ2v) is 7.77. The van der Waals surface area contributed by atoms with Gasteiger partial charge < -0.3 is 10.4 Å². The zero-order valence-electron chi connectivity index (χ0n) is 15.5. The molecule has 0 spiro atoms. The molecule has 1 aromatic carbocycles. The van der Waals surface area contributed by atoms with Gasteiger partial charge in [-0.05, 0) is 24.8 Å². The Morgan fingerprint density at radius 1 is 1.28 bits per heavy atom. The smallest absolute Gasteiger partial charge is 0.102 e. The topological polar surface area (TPSA) is 53.3 Å². The van der Waals surface area contributed by atoms with Crippen molar-refractivity contribution < 1.29 is 5.11 Å². The van der Waals surface area contributed by atoms with Crippen LogP contribution in [0.5, 0.6) is 0 Å². The van der Waals surface area contributed by atoms with Crippen LogP contribution in [-0.2, 0) is 19.2 Å². The molecule has 0 aliphatic carbocycles. The van der Waals surface area contributed by atoms with Crippen LogP contribution in [0.15, 0.2) is 42.7 Å².